The SMILES string of the molecule is C\C=C(C)/C(=C\C(=C\CC)NC(C)=O)C(=C\CCCC)/c1cc(OCC(F)F)cc(S(C)=O)c1. The Morgan fingerprint density at radius 1 is 1.18 bits per heavy atom. The van der Waals surface area contributed by atoms with Gasteiger partial charge in [0.15, 0.2) is 0 Å². The molecule has 0 aliphatic carbocycles. The van der Waals surface area contributed by atoms with Crippen molar-refractivity contribution in [2.24, 2.45) is 0 Å². The molecule has 0 aliphatic rings. The van der Waals surface area contributed by atoms with Gasteiger partial charge in [0, 0.05) is 34.6 Å². The number of halogens is 2. The van der Waals surface area contributed by atoms with E-state index in [9.17, 15) is 17.8 Å². The van der Waals surface area contributed by atoms with Gasteiger partial charge in [0.2, 0.25) is 5.91 Å². The van der Waals surface area contributed by atoms with Crippen LogP contribution in [0.25, 0.3) is 5.57 Å². The van der Waals surface area contributed by atoms with Crippen LogP contribution in [0.5, 0.6) is 5.75 Å². The molecule has 0 spiro atoms. The molecule has 0 saturated carbocycles. The van der Waals surface area contributed by atoms with Crippen molar-refractivity contribution in [1.82, 2.24) is 5.32 Å². The molecule has 0 fully saturated rings. The molecule has 188 valence electrons. The second kappa shape index (κ2) is 15.4. The topological polar surface area (TPSA) is 55.4 Å². The first-order valence-corrected chi connectivity index (χ1v) is 13.1. The molecule has 7 heteroatoms. The average molecular weight is 494 g/mol. The fourth-order valence-electron chi connectivity index (χ4n) is 3.25. The number of carbonyl (C=O) groups excluding carboxylic acids is 1. The van der Waals surface area contributed by atoms with Gasteiger partial charge in [-0.2, -0.15) is 0 Å². The van der Waals surface area contributed by atoms with Gasteiger partial charge in [-0.05, 0) is 73.2 Å². The number of nitrogens with one attached hydrogen (secondary N) is 1. The van der Waals surface area contributed by atoms with Crippen molar-refractivity contribution in [3.63, 3.8) is 0 Å². The van der Waals surface area contributed by atoms with Crippen molar-refractivity contribution in [3.8, 4) is 5.75 Å². The summed E-state index contributed by atoms with van der Waals surface area (Å²) >= 11 is 0. The molecule has 34 heavy (non-hydrogen) atoms. The molecule has 0 aliphatic heterocycles. The highest BCUT2D eigenvalue weighted by Gasteiger charge is 2.15. The summed E-state index contributed by atoms with van der Waals surface area (Å²) in [6.07, 6.45) is 10.4. The van der Waals surface area contributed by atoms with Crippen molar-refractivity contribution in [2.45, 2.75) is 71.6 Å². The molecule has 0 aromatic heterocycles. The second-order valence-electron chi connectivity index (χ2n) is 7.89. The number of ether oxygens (including phenoxy) is 1. The Bertz CT molecular complexity index is 978. The minimum Gasteiger partial charge on any atom is -0.488 e. The quantitative estimate of drug-likeness (QED) is 0.239. The normalized spacial score (nSPS) is 14.4. The number of hydrogen-bond acceptors (Lipinski definition) is 3. The van der Waals surface area contributed by atoms with Crippen molar-refractivity contribution in [1.29, 1.82) is 0 Å². The Hall–Kier alpha value is -2.54. The van der Waals surface area contributed by atoms with E-state index in [4.69, 9.17) is 4.74 Å². The van der Waals surface area contributed by atoms with Gasteiger partial charge in [-0.3, -0.25) is 9.00 Å². The fourth-order valence-corrected chi connectivity index (χ4v) is 3.83. The van der Waals surface area contributed by atoms with Gasteiger partial charge >= 0.3 is 0 Å². The molecule has 1 amide bonds. The first-order valence-electron chi connectivity index (χ1n) is 11.6. The molecule has 1 aromatic rings. The van der Waals surface area contributed by atoms with Crippen molar-refractivity contribution in [2.75, 3.05) is 12.9 Å². The zero-order valence-corrected chi connectivity index (χ0v) is 21.9. The maximum absolute atomic E-state index is 12.8. The lowest BCUT2D eigenvalue weighted by atomic mass is 9.90. The van der Waals surface area contributed by atoms with Crippen LogP contribution in [-0.4, -0.2) is 29.4 Å². The number of alkyl halides is 2. The fraction of sp³-hybridized carbons (Fsp3) is 0.444. The van der Waals surface area contributed by atoms with E-state index in [2.05, 4.69) is 18.3 Å². The number of rotatable bonds is 13. The molecule has 0 radical (unpaired) electrons. The summed E-state index contributed by atoms with van der Waals surface area (Å²) in [5, 5.41) is 2.87. The second-order valence-corrected chi connectivity index (χ2v) is 9.27. The van der Waals surface area contributed by atoms with E-state index in [1.165, 1.54) is 13.0 Å². The van der Waals surface area contributed by atoms with Gasteiger partial charge < -0.3 is 10.1 Å². The van der Waals surface area contributed by atoms with Gasteiger partial charge in [-0.15, -0.1) is 0 Å². The molecule has 1 atom stereocenters. The van der Waals surface area contributed by atoms with Crippen molar-refractivity contribution in [3.05, 3.63) is 64.9 Å². The van der Waals surface area contributed by atoms with Crippen LogP contribution in [0.1, 0.15) is 65.9 Å². The highest BCUT2D eigenvalue weighted by Crippen LogP contribution is 2.34. The molecular formula is C27H37F2NO3S. The van der Waals surface area contributed by atoms with Gasteiger partial charge in [-0.1, -0.05) is 44.9 Å². The third kappa shape index (κ3) is 10.2. The lowest BCUT2D eigenvalue weighted by Gasteiger charge is -2.18. The molecule has 4 nitrogen and oxygen atoms in total. The van der Waals surface area contributed by atoms with E-state index in [0.29, 0.717) is 10.6 Å². The Kier molecular flexibility index (Phi) is 13.3. The summed E-state index contributed by atoms with van der Waals surface area (Å²) in [5.41, 5.74) is 4.13. The largest absolute Gasteiger partial charge is 0.488 e. The van der Waals surface area contributed by atoms with Crippen LogP contribution in [0.3, 0.4) is 0 Å². The summed E-state index contributed by atoms with van der Waals surface area (Å²) in [4.78, 5) is 12.3. The molecule has 0 bridgehead atoms. The Balaban J connectivity index is 3.80. The zero-order chi connectivity index (χ0) is 25.7. The number of allylic oxidation sites excluding steroid dienone is 7. The Morgan fingerprint density at radius 3 is 2.41 bits per heavy atom. The van der Waals surface area contributed by atoms with Gasteiger partial charge in [0.25, 0.3) is 6.43 Å². The first-order chi connectivity index (χ1) is 16.1. The molecule has 1 rings (SSSR count). The van der Waals surface area contributed by atoms with E-state index in [1.54, 1.807) is 12.3 Å². The van der Waals surface area contributed by atoms with E-state index in [1.807, 2.05) is 45.1 Å². The van der Waals surface area contributed by atoms with Crippen LogP contribution >= 0.6 is 0 Å². The molecular weight excluding hydrogens is 456 g/mol. The molecule has 1 N–H and O–H groups in total. The van der Waals surface area contributed by atoms with Crippen LogP contribution < -0.4 is 10.1 Å². The predicted molar refractivity (Wildman–Crippen MR) is 137 cm³/mol. The third-order valence-corrected chi connectivity index (χ3v) is 5.90. The smallest absolute Gasteiger partial charge is 0.272 e. The summed E-state index contributed by atoms with van der Waals surface area (Å²) in [7, 11) is -1.33. The summed E-state index contributed by atoms with van der Waals surface area (Å²) in [6, 6.07) is 5.05. The third-order valence-electron chi connectivity index (χ3n) is 5.00. The lowest BCUT2D eigenvalue weighted by molar-refractivity contribution is -0.118. The van der Waals surface area contributed by atoms with Gasteiger partial charge in [-0.25, -0.2) is 8.78 Å². The summed E-state index contributed by atoms with van der Waals surface area (Å²) in [6.45, 7) is 8.73. The van der Waals surface area contributed by atoms with E-state index < -0.39 is 23.8 Å². The van der Waals surface area contributed by atoms with Crippen molar-refractivity contribution < 1.29 is 22.5 Å². The Morgan fingerprint density at radius 2 is 1.88 bits per heavy atom. The minimum absolute atomic E-state index is 0.170. The number of carbonyl (C=O) groups is 1. The number of amides is 1. The standard InChI is InChI=1S/C27H37F2NO3S/c1-7-10-11-13-25(26(19(4)9-3)16-22(12-8-2)30-20(5)31)21-14-23(33-18-27(28)29)17-24(15-21)34(6)32/h9,12-17,27H,7-8,10-11,18H2,1-6H3,(H,30,31)/b19-9-,22-12-,25-13-,26-16+. The minimum atomic E-state index is -2.61. The maximum atomic E-state index is 12.8. The van der Waals surface area contributed by atoms with Crippen molar-refractivity contribution >= 4 is 22.3 Å². The Labute approximate surface area is 205 Å². The van der Waals surface area contributed by atoms with Crippen LogP contribution in [0.2, 0.25) is 0 Å². The van der Waals surface area contributed by atoms with E-state index >= 15 is 0 Å². The molecule has 1 aromatic carbocycles. The number of hydrogen-bond donors (Lipinski definition) is 1. The summed E-state index contributed by atoms with van der Waals surface area (Å²) in [5.74, 6) is 0.0732. The molecule has 0 heterocycles. The van der Waals surface area contributed by atoms with E-state index in [-0.39, 0.29) is 11.7 Å². The van der Waals surface area contributed by atoms with Gasteiger partial charge in [0.05, 0.1) is 0 Å². The maximum Gasteiger partial charge on any atom is 0.272 e. The van der Waals surface area contributed by atoms with Crippen LogP contribution in [0.15, 0.2) is 64.2 Å². The van der Waals surface area contributed by atoms with Crippen LogP contribution in [-0.2, 0) is 15.6 Å². The molecule has 0 saturated heterocycles. The van der Waals surface area contributed by atoms with E-state index in [0.717, 1.165) is 48.0 Å². The summed E-state index contributed by atoms with van der Waals surface area (Å²) < 4.78 is 43.2. The first kappa shape index (κ1) is 29.5. The molecule has 1 unspecified atom stereocenters. The van der Waals surface area contributed by atoms with Crippen LogP contribution in [0, 0.1) is 0 Å². The number of benzene rings is 1. The number of unbranched alkanes of at least 4 members (excludes halogenated alkanes) is 2. The lowest BCUT2D eigenvalue weighted by Crippen LogP contribution is -2.18. The zero-order valence-electron chi connectivity index (χ0n) is 21.0. The highest BCUT2D eigenvalue weighted by atomic mass is 32.2. The average Bonchev–Trinajstić information content (AvgIpc) is 2.78. The highest BCUT2D eigenvalue weighted by molar-refractivity contribution is 7.84. The van der Waals surface area contributed by atoms with Crippen LogP contribution in [0.4, 0.5) is 8.78 Å². The predicted octanol–water partition coefficient (Wildman–Crippen LogP) is 6.96. The van der Waals surface area contributed by atoms with Gasteiger partial charge in [0.1, 0.15) is 12.4 Å². The monoisotopic (exact) mass is 493 g/mol.